The van der Waals surface area contributed by atoms with Gasteiger partial charge in [-0.1, -0.05) is 12.1 Å². The number of hydrogen-bond acceptors (Lipinski definition) is 2. The summed E-state index contributed by atoms with van der Waals surface area (Å²) in [4.78, 5) is 0. The topological polar surface area (TPSA) is 12.0 Å². The molecule has 0 aliphatic heterocycles. The Balaban J connectivity index is 2.69. The maximum absolute atomic E-state index is 12.8. The molecule has 1 N–H and O–H groups in total. The predicted octanol–water partition coefficient (Wildman–Crippen LogP) is 2.11. The molecular formula is C9H12FNS. The summed E-state index contributed by atoms with van der Waals surface area (Å²) in [5.74, 6) is 0.487. The molecular weight excluding hydrogens is 173 g/mol. The van der Waals surface area contributed by atoms with Crippen molar-refractivity contribution in [3.05, 3.63) is 35.1 Å². The number of hydrogen-bond donors (Lipinski definition) is 2. The van der Waals surface area contributed by atoms with E-state index >= 15 is 0 Å². The molecule has 0 spiro atoms. The molecule has 1 nitrogen and oxygen atoms in total. The third kappa shape index (κ3) is 2.50. The van der Waals surface area contributed by atoms with Crippen LogP contribution >= 0.6 is 12.6 Å². The monoisotopic (exact) mass is 185 g/mol. The number of rotatable bonds is 3. The molecule has 0 radical (unpaired) electrons. The summed E-state index contributed by atoms with van der Waals surface area (Å²) in [5, 5.41) is 3.05. The maximum Gasteiger partial charge on any atom is 0.126 e. The Morgan fingerprint density at radius 1 is 1.50 bits per heavy atom. The third-order valence-electron chi connectivity index (χ3n) is 1.66. The zero-order valence-electron chi connectivity index (χ0n) is 6.97. The molecule has 0 atom stereocenters. The molecule has 0 fully saturated rings. The molecule has 0 aromatic heterocycles. The van der Waals surface area contributed by atoms with Crippen molar-refractivity contribution in [2.24, 2.45) is 0 Å². The van der Waals surface area contributed by atoms with Crippen LogP contribution in [0.3, 0.4) is 0 Å². The van der Waals surface area contributed by atoms with Crippen LogP contribution in [-0.2, 0) is 6.54 Å². The van der Waals surface area contributed by atoms with Crippen molar-refractivity contribution in [1.82, 2.24) is 5.32 Å². The second-order valence-electron chi connectivity index (χ2n) is 2.67. The van der Waals surface area contributed by atoms with Crippen LogP contribution in [0.5, 0.6) is 0 Å². The van der Waals surface area contributed by atoms with E-state index < -0.39 is 0 Å². The van der Waals surface area contributed by atoms with Crippen LogP contribution in [0.4, 0.5) is 4.39 Å². The summed E-state index contributed by atoms with van der Waals surface area (Å²) >= 11 is 4.01. The summed E-state index contributed by atoms with van der Waals surface area (Å²) in [6, 6.07) is 5.11. The lowest BCUT2D eigenvalue weighted by Gasteiger charge is -2.03. The van der Waals surface area contributed by atoms with E-state index in [1.807, 2.05) is 6.07 Å². The van der Waals surface area contributed by atoms with E-state index in [1.54, 1.807) is 13.0 Å². The second kappa shape index (κ2) is 4.48. The molecule has 0 saturated carbocycles. The van der Waals surface area contributed by atoms with Crippen LogP contribution in [0.15, 0.2) is 18.2 Å². The van der Waals surface area contributed by atoms with Gasteiger partial charge >= 0.3 is 0 Å². The lowest BCUT2D eigenvalue weighted by atomic mass is 10.1. The molecule has 1 aromatic carbocycles. The van der Waals surface area contributed by atoms with Gasteiger partial charge in [-0.2, -0.15) is 12.6 Å². The second-order valence-corrected chi connectivity index (χ2v) is 2.98. The molecule has 12 heavy (non-hydrogen) atoms. The van der Waals surface area contributed by atoms with E-state index in [9.17, 15) is 4.39 Å². The molecule has 0 amide bonds. The van der Waals surface area contributed by atoms with Gasteiger partial charge in [0.1, 0.15) is 5.82 Å². The van der Waals surface area contributed by atoms with Gasteiger partial charge in [0, 0.05) is 12.4 Å². The minimum Gasteiger partial charge on any atom is -0.304 e. The fourth-order valence-corrected chi connectivity index (χ4v) is 1.13. The Morgan fingerprint density at radius 3 is 2.83 bits per heavy atom. The highest BCUT2D eigenvalue weighted by molar-refractivity contribution is 7.80. The zero-order valence-corrected chi connectivity index (χ0v) is 7.87. The van der Waals surface area contributed by atoms with Gasteiger partial charge in [-0.05, 0) is 24.1 Å². The lowest BCUT2D eigenvalue weighted by molar-refractivity contribution is 0.617. The molecule has 3 heteroatoms. The summed E-state index contributed by atoms with van der Waals surface area (Å²) in [5.41, 5.74) is 1.77. The number of halogens is 1. The van der Waals surface area contributed by atoms with Crippen LogP contribution in [0.1, 0.15) is 11.1 Å². The molecule has 0 aliphatic rings. The Hall–Kier alpha value is -0.540. The highest BCUT2D eigenvalue weighted by Gasteiger charge is 1.97. The van der Waals surface area contributed by atoms with Crippen molar-refractivity contribution in [2.75, 3.05) is 5.88 Å². The standard InChI is InChI=1S/C9H12FNS/c1-7-4-8(5-11-6-12)2-3-9(7)10/h2-4,11-12H,5-6H2,1H3. The minimum absolute atomic E-state index is 0.148. The van der Waals surface area contributed by atoms with E-state index in [1.165, 1.54) is 6.07 Å². The molecule has 0 saturated heterocycles. The van der Waals surface area contributed by atoms with Crippen molar-refractivity contribution < 1.29 is 4.39 Å². The molecule has 66 valence electrons. The molecule has 1 aromatic rings. The van der Waals surface area contributed by atoms with Crippen molar-refractivity contribution >= 4 is 12.6 Å². The first kappa shape index (κ1) is 9.55. The summed E-state index contributed by atoms with van der Waals surface area (Å²) in [6.45, 7) is 2.50. The van der Waals surface area contributed by atoms with E-state index in [0.717, 1.165) is 12.1 Å². The Labute approximate surface area is 77.4 Å². The highest BCUT2D eigenvalue weighted by Crippen LogP contribution is 2.08. The van der Waals surface area contributed by atoms with Crippen LogP contribution in [0.2, 0.25) is 0 Å². The first-order valence-electron chi connectivity index (χ1n) is 3.80. The van der Waals surface area contributed by atoms with Gasteiger partial charge < -0.3 is 5.32 Å². The molecule has 0 unspecified atom stereocenters. The van der Waals surface area contributed by atoms with Crippen molar-refractivity contribution in [2.45, 2.75) is 13.5 Å². The Morgan fingerprint density at radius 2 is 2.25 bits per heavy atom. The van der Waals surface area contributed by atoms with Crippen LogP contribution in [-0.4, -0.2) is 5.88 Å². The predicted molar refractivity (Wildman–Crippen MR) is 51.8 cm³/mol. The Kier molecular flexibility index (Phi) is 3.56. The molecule has 0 aliphatic carbocycles. The van der Waals surface area contributed by atoms with Crippen LogP contribution in [0.25, 0.3) is 0 Å². The first-order valence-corrected chi connectivity index (χ1v) is 4.44. The quantitative estimate of drug-likeness (QED) is 0.543. The largest absolute Gasteiger partial charge is 0.304 e. The smallest absolute Gasteiger partial charge is 0.126 e. The van der Waals surface area contributed by atoms with E-state index in [2.05, 4.69) is 17.9 Å². The summed E-state index contributed by atoms with van der Waals surface area (Å²) in [6.07, 6.45) is 0. The number of aryl methyl sites for hydroxylation is 1. The van der Waals surface area contributed by atoms with Crippen LogP contribution < -0.4 is 5.32 Å². The molecule has 0 bridgehead atoms. The van der Waals surface area contributed by atoms with E-state index in [4.69, 9.17) is 0 Å². The Bertz CT molecular complexity index is 263. The van der Waals surface area contributed by atoms with Crippen molar-refractivity contribution in [3.8, 4) is 0 Å². The van der Waals surface area contributed by atoms with Crippen molar-refractivity contribution in [1.29, 1.82) is 0 Å². The number of thiol groups is 1. The number of nitrogens with one attached hydrogen (secondary N) is 1. The fourth-order valence-electron chi connectivity index (χ4n) is 1.02. The van der Waals surface area contributed by atoms with Gasteiger partial charge in [0.2, 0.25) is 0 Å². The van der Waals surface area contributed by atoms with Gasteiger partial charge in [0.25, 0.3) is 0 Å². The minimum atomic E-state index is -0.148. The SMILES string of the molecule is Cc1cc(CNCS)ccc1F. The van der Waals surface area contributed by atoms with Gasteiger partial charge in [0.05, 0.1) is 0 Å². The van der Waals surface area contributed by atoms with Gasteiger partial charge in [-0.25, -0.2) is 4.39 Å². The average molecular weight is 185 g/mol. The van der Waals surface area contributed by atoms with Crippen LogP contribution in [0, 0.1) is 12.7 Å². The fraction of sp³-hybridized carbons (Fsp3) is 0.333. The molecule has 1 rings (SSSR count). The van der Waals surface area contributed by atoms with E-state index in [0.29, 0.717) is 11.4 Å². The molecule has 0 heterocycles. The first-order chi connectivity index (χ1) is 5.74. The van der Waals surface area contributed by atoms with Gasteiger partial charge in [-0.15, -0.1) is 0 Å². The summed E-state index contributed by atoms with van der Waals surface area (Å²) in [7, 11) is 0. The average Bonchev–Trinajstić information content (AvgIpc) is 2.07. The van der Waals surface area contributed by atoms with Gasteiger partial charge in [-0.3, -0.25) is 0 Å². The number of benzene rings is 1. The maximum atomic E-state index is 12.8. The lowest BCUT2D eigenvalue weighted by Crippen LogP contribution is -2.10. The van der Waals surface area contributed by atoms with Crippen molar-refractivity contribution in [3.63, 3.8) is 0 Å². The van der Waals surface area contributed by atoms with E-state index in [-0.39, 0.29) is 5.82 Å². The zero-order chi connectivity index (χ0) is 8.97. The van der Waals surface area contributed by atoms with Gasteiger partial charge in [0.15, 0.2) is 0 Å². The highest BCUT2D eigenvalue weighted by atomic mass is 32.1. The third-order valence-corrected chi connectivity index (χ3v) is 1.89. The summed E-state index contributed by atoms with van der Waals surface area (Å²) < 4.78 is 12.8. The normalized spacial score (nSPS) is 10.2.